The second-order valence-electron chi connectivity index (χ2n) is 4.52. The molecule has 0 spiro atoms. The zero-order chi connectivity index (χ0) is 13.1. The second kappa shape index (κ2) is 5.36. The summed E-state index contributed by atoms with van der Waals surface area (Å²) in [5.41, 5.74) is 4.00. The summed E-state index contributed by atoms with van der Waals surface area (Å²) >= 11 is 0. The average Bonchev–Trinajstić information content (AvgIpc) is 2.79. The first-order valence-electron chi connectivity index (χ1n) is 6.47. The first-order chi connectivity index (χ1) is 8.65. The van der Waals surface area contributed by atoms with E-state index in [0.29, 0.717) is 0 Å². The third-order valence-corrected chi connectivity index (χ3v) is 3.22. The van der Waals surface area contributed by atoms with Crippen molar-refractivity contribution in [1.29, 1.82) is 0 Å². The van der Waals surface area contributed by atoms with Gasteiger partial charge in [-0.05, 0) is 37.5 Å². The lowest BCUT2D eigenvalue weighted by Gasteiger charge is -2.13. The van der Waals surface area contributed by atoms with Gasteiger partial charge in [0.1, 0.15) is 6.10 Å². The van der Waals surface area contributed by atoms with E-state index in [4.69, 9.17) is 0 Å². The van der Waals surface area contributed by atoms with Crippen LogP contribution in [-0.2, 0) is 13.0 Å². The lowest BCUT2D eigenvalue weighted by Crippen LogP contribution is -2.09. The van der Waals surface area contributed by atoms with Crippen LogP contribution in [0.25, 0.3) is 0 Å². The van der Waals surface area contributed by atoms with Crippen LogP contribution in [0.3, 0.4) is 0 Å². The molecule has 0 saturated heterocycles. The molecule has 2 aromatic rings. The largest absolute Gasteiger partial charge is 0.382 e. The maximum absolute atomic E-state index is 10.4. The number of nitrogens with zero attached hydrogens (tertiary/aromatic N) is 2. The molecule has 1 unspecified atom stereocenters. The summed E-state index contributed by atoms with van der Waals surface area (Å²) in [6.45, 7) is 6.87. The topological polar surface area (TPSA) is 38.1 Å². The predicted molar refractivity (Wildman–Crippen MR) is 72.5 cm³/mol. The fourth-order valence-corrected chi connectivity index (χ4v) is 2.15. The van der Waals surface area contributed by atoms with Gasteiger partial charge in [-0.3, -0.25) is 4.68 Å². The van der Waals surface area contributed by atoms with Gasteiger partial charge in [-0.15, -0.1) is 0 Å². The van der Waals surface area contributed by atoms with E-state index < -0.39 is 6.10 Å². The van der Waals surface area contributed by atoms with Crippen LogP contribution in [-0.4, -0.2) is 14.9 Å². The molecule has 1 aromatic carbocycles. The maximum Gasteiger partial charge on any atom is 0.121 e. The van der Waals surface area contributed by atoms with Crippen LogP contribution in [0.4, 0.5) is 0 Å². The molecule has 3 heteroatoms. The summed E-state index contributed by atoms with van der Waals surface area (Å²) in [6.07, 6.45) is 0.416. The van der Waals surface area contributed by atoms with Crippen molar-refractivity contribution in [2.45, 2.75) is 39.8 Å². The Kier molecular flexibility index (Phi) is 3.82. The van der Waals surface area contributed by atoms with Crippen LogP contribution in [0.1, 0.15) is 42.5 Å². The molecule has 2 rings (SSSR count). The van der Waals surface area contributed by atoms with Gasteiger partial charge in [0.2, 0.25) is 0 Å². The van der Waals surface area contributed by atoms with Gasteiger partial charge in [0.25, 0.3) is 0 Å². The molecular formula is C15H20N2O. The van der Waals surface area contributed by atoms with Crippen molar-refractivity contribution in [3.05, 3.63) is 52.8 Å². The zero-order valence-corrected chi connectivity index (χ0v) is 11.2. The van der Waals surface area contributed by atoms with Crippen LogP contribution in [0, 0.1) is 6.92 Å². The van der Waals surface area contributed by atoms with Crippen molar-refractivity contribution >= 4 is 0 Å². The lowest BCUT2D eigenvalue weighted by molar-refractivity contribution is 0.208. The molecule has 0 aliphatic heterocycles. The summed E-state index contributed by atoms with van der Waals surface area (Å²) in [5, 5.41) is 14.8. The summed E-state index contributed by atoms with van der Waals surface area (Å²) in [7, 11) is 0. The Morgan fingerprint density at radius 2 is 1.89 bits per heavy atom. The van der Waals surface area contributed by atoms with Gasteiger partial charge in [-0.1, -0.05) is 31.2 Å². The van der Waals surface area contributed by atoms with Crippen molar-refractivity contribution in [3.63, 3.8) is 0 Å². The summed E-state index contributed by atoms with van der Waals surface area (Å²) < 4.78 is 1.85. The minimum Gasteiger partial charge on any atom is -0.382 e. The molecular weight excluding hydrogens is 224 g/mol. The molecule has 1 atom stereocenters. The van der Waals surface area contributed by atoms with Crippen LogP contribution in [0.5, 0.6) is 0 Å². The van der Waals surface area contributed by atoms with E-state index in [1.165, 1.54) is 5.56 Å². The highest BCUT2D eigenvalue weighted by Crippen LogP contribution is 2.23. The third-order valence-electron chi connectivity index (χ3n) is 3.22. The SMILES string of the molecule is CCc1ccc(C(O)c2cc(C)nn2CC)cc1. The maximum atomic E-state index is 10.4. The number of hydrogen-bond donors (Lipinski definition) is 1. The first-order valence-corrected chi connectivity index (χ1v) is 6.47. The van der Waals surface area contributed by atoms with E-state index in [1.54, 1.807) is 0 Å². The molecule has 1 aromatic heterocycles. The normalized spacial score (nSPS) is 12.7. The number of benzene rings is 1. The fraction of sp³-hybridized carbons (Fsp3) is 0.400. The number of aliphatic hydroxyl groups excluding tert-OH is 1. The van der Waals surface area contributed by atoms with Crippen LogP contribution in [0.2, 0.25) is 0 Å². The quantitative estimate of drug-likeness (QED) is 0.898. The Morgan fingerprint density at radius 1 is 1.22 bits per heavy atom. The molecule has 1 N–H and O–H groups in total. The Morgan fingerprint density at radius 3 is 2.44 bits per heavy atom. The highest BCUT2D eigenvalue weighted by atomic mass is 16.3. The van der Waals surface area contributed by atoms with Gasteiger partial charge < -0.3 is 5.11 Å². The average molecular weight is 244 g/mol. The van der Waals surface area contributed by atoms with Gasteiger partial charge in [0, 0.05) is 6.54 Å². The van der Waals surface area contributed by atoms with Crippen molar-refractivity contribution in [3.8, 4) is 0 Å². The fourth-order valence-electron chi connectivity index (χ4n) is 2.15. The highest BCUT2D eigenvalue weighted by molar-refractivity contribution is 5.29. The number of rotatable bonds is 4. The predicted octanol–water partition coefficient (Wildman–Crippen LogP) is 2.86. The van der Waals surface area contributed by atoms with Crippen LogP contribution in [0.15, 0.2) is 30.3 Å². The summed E-state index contributed by atoms with van der Waals surface area (Å²) in [4.78, 5) is 0. The Labute approximate surface area is 108 Å². The molecule has 96 valence electrons. The third kappa shape index (κ3) is 2.46. The smallest absolute Gasteiger partial charge is 0.121 e. The van der Waals surface area contributed by atoms with Crippen molar-refractivity contribution in [1.82, 2.24) is 9.78 Å². The van der Waals surface area contributed by atoms with E-state index in [0.717, 1.165) is 29.9 Å². The van der Waals surface area contributed by atoms with Crippen LogP contribution < -0.4 is 0 Å². The Bertz CT molecular complexity index is 514. The molecule has 0 fully saturated rings. The van der Waals surface area contributed by atoms with Gasteiger partial charge in [-0.25, -0.2) is 0 Å². The summed E-state index contributed by atoms with van der Waals surface area (Å²) in [6, 6.07) is 10.1. The van der Waals surface area contributed by atoms with Crippen molar-refractivity contribution in [2.24, 2.45) is 0 Å². The number of aliphatic hydroxyl groups is 1. The summed E-state index contributed by atoms with van der Waals surface area (Å²) in [5.74, 6) is 0. The Hall–Kier alpha value is -1.61. The lowest BCUT2D eigenvalue weighted by atomic mass is 10.0. The van der Waals surface area contributed by atoms with E-state index in [1.807, 2.05) is 36.7 Å². The monoisotopic (exact) mass is 244 g/mol. The minimum absolute atomic E-state index is 0.600. The van der Waals surface area contributed by atoms with Gasteiger partial charge in [0.15, 0.2) is 0 Å². The van der Waals surface area contributed by atoms with Crippen LogP contribution >= 0.6 is 0 Å². The molecule has 0 saturated carbocycles. The molecule has 0 aliphatic rings. The minimum atomic E-state index is -0.600. The van der Waals surface area contributed by atoms with Gasteiger partial charge >= 0.3 is 0 Å². The van der Waals surface area contributed by atoms with Crippen molar-refractivity contribution < 1.29 is 5.11 Å². The van der Waals surface area contributed by atoms with Gasteiger partial charge in [-0.2, -0.15) is 5.10 Å². The first kappa shape index (κ1) is 12.8. The number of aryl methyl sites for hydroxylation is 3. The molecule has 0 bridgehead atoms. The number of aromatic nitrogens is 2. The second-order valence-corrected chi connectivity index (χ2v) is 4.52. The van der Waals surface area contributed by atoms with Gasteiger partial charge in [0.05, 0.1) is 11.4 Å². The zero-order valence-electron chi connectivity index (χ0n) is 11.2. The van der Waals surface area contributed by atoms with E-state index in [9.17, 15) is 5.11 Å². The van der Waals surface area contributed by atoms with E-state index in [-0.39, 0.29) is 0 Å². The number of hydrogen-bond acceptors (Lipinski definition) is 2. The van der Waals surface area contributed by atoms with E-state index >= 15 is 0 Å². The van der Waals surface area contributed by atoms with Crippen molar-refractivity contribution in [2.75, 3.05) is 0 Å². The molecule has 18 heavy (non-hydrogen) atoms. The molecule has 0 amide bonds. The van der Waals surface area contributed by atoms with E-state index in [2.05, 4.69) is 24.2 Å². The molecule has 1 heterocycles. The highest BCUT2D eigenvalue weighted by Gasteiger charge is 2.15. The standard InChI is InChI=1S/C15H20N2O/c1-4-12-6-8-13(9-7-12)15(18)14-10-11(3)16-17(14)5-2/h6-10,15,18H,4-5H2,1-3H3. The Balaban J connectivity index is 2.31. The molecule has 0 aliphatic carbocycles. The molecule has 3 nitrogen and oxygen atoms in total. The molecule has 0 radical (unpaired) electrons.